The van der Waals surface area contributed by atoms with Crippen LogP contribution >= 0.6 is 0 Å². The van der Waals surface area contributed by atoms with Gasteiger partial charge in [0.2, 0.25) is 5.91 Å². The maximum atomic E-state index is 11.3. The number of rotatable bonds is 6. The van der Waals surface area contributed by atoms with Gasteiger partial charge in [-0.3, -0.25) is 9.79 Å². The molecule has 0 saturated heterocycles. The Morgan fingerprint density at radius 1 is 1.06 bits per heavy atom. The first-order chi connectivity index (χ1) is 7.97. The molecule has 0 unspecified atom stereocenters. The van der Waals surface area contributed by atoms with Gasteiger partial charge in [0.05, 0.1) is 0 Å². The van der Waals surface area contributed by atoms with Gasteiger partial charge in [-0.2, -0.15) is 0 Å². The summed E-state index contributed by atoms with van der Waals surface area (Å²) in [5.74, 6) is 1.47. The van der Waals surface area contributed by atoms with Crippen molar-refractivity contribution in [2.24, 2.45) is 16.8 Å². The highest BCUT2D eigenvalue weighted by Crippen LogP contribution is 1.89. The molecule has 0 aromatic carbocycles. The molecule has 0 aromatic rings. The number of guanidine groups is 1. The number of hydrogen-bond acceptors (Lipinski definition) is 2. The van der Waals surface area contributed by atoms with E-state index >= 15 is 0 Å². The monoisotopic (exact) mass is 242 g/mol. The predicted octanol–water partition coefficient (Wildman–Crippen LogP) is 0.580. The van der Waals surface area contributed by atoms with Gasteiger partial charge in [-0.05, 0) is 5.92 Å². The average molecular weight is 242 g/mol. The number of amides is 1. The molecule has 0 aliphatic heterocycles. The smallest absolute Gasteiger partial charge is 0.222 e. The minimum atomic E-state index is 0.0355. The first-order valence-electron chi connectivity index (χ1n) is 6.19. The van der Waals surface area contributed by atoms with Crippen LogP contribution in [0.5, 0.6) is 0 Å². The zero-order valence-electron chi connectivity index (χ0n) is 11.6. The highest BCUT2D eigenvalue weighted by Gasteiger charge is 2.05. The van der Waals surface area contributed by atoms with E-state index < -0.39 is 0 Å². The van der Waals surface area contributed by atoms with E-state index in [0.717, 1.165) is 12.5 Å². The Kier molecular flexibility index (Phi) is 8.19. The molecular weight excluding hydrogens is 216 g/mol. The Morgan fingerprint density at radius 3 is 2.12 bits per heavy atom. The highest BCUT2D eigenvalue weighted by molar-refractivity contribution is 5.80. The van der Waals surface area contributed by atoms with Gasteiger partial charge in [-0.15, -0.1) is 0 Å². The number of hydrogen-bond donors (Lipinski definition) is 3. The molecule has 0 atom stereocenters. The normalized spacial score (nSPS) is 11.8. The van der Waals surface area contributed by atoms with Crippen molar-refractivity contribution >= 4 is 11.9 Å². The summed E-state index contributed by atoms with van der Waals surface area (Å²) < 4.78 is 0. The first-order valence-corrected chi connectivity index (χ1v) is 6.19. The second kappa shape index (κ2) is 8.84. The molecule has 0 saturated carbocycles. The van der Waals surface area contributed by atoms with Gasteiger partial charge in [0.15, 0.2) is 5.96 Å². The standard InChI is InChI=1S/C12H26N4O/c1-9(2)8-16-12(13-5)15-7-6-14-11(17)10(3)4/h9-10H,6-8H2,1-5H3,(H,14,17)(H2,13,15,16). The summed E-state index contributed by atoms with van der Waals surface area (Å²) in [4.78, 5) is 15.4. The van der Waals surface area contributed by atoms with Crippen LogP contribution in [0.15, 0.2) is 4.99 Å². The largest absolute Gasteiger partial charge is 0.356 e. The second-order valence-corrected chi connectivity index (χ2v) is 4.72. The topological polar surface area (TPSA) is 65.5 Å². The van der Waals surface area contributed by atoms with Crippen LogP contribution in [-0.2, 0) is 4.79 Å². The molecule has 17 heavy (non-hydrogen) atoms. The van der Waals surface area contributed by atoms with E-state index in [-0.39, 0.29) is 11.8 Å². The van der Waals surface area contributed by atoms with Crippen LogP contribution in [0, 0.1) is 11.8 Å². The first kappa shape index (κ1) is 15.7. The van der Waals surface area contributed by atoms with Crippen molar-refractivity contribution in [2.45, 2.75) is 27.7 Å². The van der Waals surface area contributed by atoms with E-state index in [1.54, 1.807) is 7.05 Å². The predicted molar refractivity (Wildman–Crippen MR) is 72.1 cm³/mol. The molecule has 0 heterocycles. The van der Waals surface area contributed by atoms with Gasteiger partial charge in [0.1, 0.15) is 0 Å². The van der Waals surface area contributed by atoms with Crippen molar-refractivity contribution in [1.29, 1.82) is 0 Å². The van der Waals surface area contributed by atoms with E-state index in [4.69, 9.17) is 0 Å². The van der Waals surface area contributed by atoms with Crippen LogP contribution in [0.25, 0.3) is 0 Å². The lowest BCUT2D eigenvalue weighted by atomic mass is 10.2. The van der Waals surface area contributed by atoms with E-state index in [0.29, 0.717) is 19.0 Å². The summed E-state index contributed by atoms with van der Waals surface area (Å²) in [5.41, 5.74) is 0. The van der Waals surface area contributed by atoms with Gasteiger partial charge in [0.25, 0.3) is 0 Å². The van der Waals surface area contributed by atoms with Crippen LogP contribution in [0.3, 0.4) is 0 Å². The average Bonchev–Trinajstić information content (AvgIpc) is 2.27. The Hall–Kier alpha value is -1.26. The third kappa shape index (κ3) is 8.54. The number of carbonyl (C=O) groups excluding carboxylic acids is 1. The van der Waals surface area contributed by atoms with Crippen molar-refractivity contribution < 1.29 is 4.79 Å². The molecule has 1 amide bonds. The number of aliphatic imine (C=N–C) groups is 1. The molecule has 5 heteroatoms. The number of nitrogens with zero attached hydrogens (tertiary/aromatic N) is 1. The molecule has 0 rings (SSSR count). The second-order valence-electron chi connectivity index (χ2n) is 4.72. The molecule has 3 N–H and O–H groups in total. The SMILES string of the molecule is CN=C(NCCNC(=O)C(C)C)NCC(C)C. The molecule has 5 nitrogen and oxygen atoms in total. The zero-order chi connectivity index (χ0) is 13.3. The molecule has 0 spiro atoms. The Bertz CT molecular complexity index is 249. The lowest BCUT2D eigenvalue weighted by Gasteiger charge is -2.14. The van der Waals surface area contributed by atoms with E-state index in [9.17, 15) is 4.79 Å². The van der Waals surface area contributed by atoms with Crippen molar-refractivity contribution in [3.8, 4) is 0 Å². The van der Waals surface area contributed by atoms with Crippen molar-refractivity contribution in [3.05, 3.63) is 0 Å². The highest BCUT2D eigenvalue weighted by atomic mass is 16.1. The molecule has 0 fully saturated rings. The van der Waals surface area contributed by atoms with Crippen LogP contribution in [-0.4, -0.2) is 38.5 Å². The molecule has 0 aliphatic rings. The fraction of sp³-hybridized carbons (Fsp3) is 0.833. The van der Waals surface area contributed by atoms with E-state index in [1.165, 1.54) is 0 Å². The van der Waals surface area contributed by atoms with Crippen LogP contribution in [0.4, 0.5) is 0 Å². The Morgan fingerprint density at radius 2 is 1.65 bits per heavy atom. The van der Waals surface area contributed by atoms with Crippen LogP contribution in [0.2, 0.25) is 0 Å². The van der Waals surface area contributed by atoms with Gasteiger partial charge in [-0.1, -0.05) is 27.7 Å². The molecular formula is C12H26N4O. The van der Waals surface area contributed by atoms with Crippen molar-refractivity contribution in [1.82, 2.24) is 16.0 Å². The number of carbonyl (C=O) groups is 1. The minimum Gasteiger partial charge on any atom is -0.356 e. The van der Waals surface area contributed by atoms with E-state index in [2.05, 4.69) is 34.8 Å². The summed E-state index contributed by atoms with van der Waals surface area (Å²) in [6.45, 7) is 10.2. The van der Waals surface area contributed by atoms with Gasteiger partial charge in [0, 0.05) is 32.6 Å². The fourth-order valence-corrected chi connectivity index (χ4v) is 1.09. The number of nitrogens with one attached hydrogen (secondary N) is 3. The summed E-state index contributed by atoms with van der Waals surface area (Å²) in [6, 6.07) is 0. The maximum Gasteiger partial charge on any atom is 0.222 e. The Labute approximate surface area is 104 Å². The third-order valence-electron chi connectivity index (χ3n) is 2.14. The maximum absolute atomic E-state index is 11.3. The lowest BCUT2D eigenvalue weighted by Crippen LogP contribution is -2.43. The summed E-state index contributed by atoms with van der Waals surface area (Å²) in [5, 5.41) is 9.19. The molecule has 100 valence electrons. The lowest BCUT2D eigenvalue weighted by molar-refractivity contribution is -0.123. The van der Waals surface area contributed by atoms with Crippen molar-refractivity contribution in [3.63, 3.8) is 0 Å². The summed E-state index contributed by atoms with van der Waals surface area (Å²) >= 11 is 0. The molecule has 0 aliphatic carbocycles. The summed E-state index contributed by atoms with van der Waals surface area (Å²) in [6.07, 6.45) is 0. The zero-order valence-corrected chi connectivity index (χ0v) is 11.6. The quantitative estimate of drug-likeness (QED) is 0.363. The van der Waals surface area contributed by atoms with Crippen LogP contribution < -0.4 is 16.0 Å². The third-order valence-corrected chi connectivity index (χ3v) is 2.14. The molecule has 0 aromatic heterocycles. The minimum absolute atomic E-state index is 0.0355. The van der Waals surface area contributed by atoms with Crippen molar-refractivity contribution in [2.75, 3.05) is 26.7 Å². The van der Waals surface area contributed by atoms with Gasteiger partial charge < -0.3 is 16.0 Å². The Balaban J connectivity index is 3.68. The summed E-state index contributed by atoms with van der Waals surface area (Å²) in [7, 11) is 1.74. The van der Waals surface area contributed by atoms with Gasteiger partial charge >= 0.3 is 0 Å². The van der Waals surface area contributed by atoms with Crippen LogP contribution in [0.1, 0.15) is 27.7 Å². The van der Waals surface area contributed by atoms with E-state index in [1.807, 2.05) is 13.8 Å². The fourth-order valence-electron chi connectivity index (χ4n) is 1.09. The van der Waals surface area contributed by atoms with Gasteiger partial charge in [-0.25, -0.2) is 0 Å². The molecule has 0 radical (unpaired) electrons. The molecule has 0 bridgehead atoms.